The van der Waals surface area contributed by atoms with Gasteiger partial charge in [0.05, 0.1) is 30.5 Å². The lowest BCUT2D eigenvalue weighted by atomic mass is 10.2. The third kappa shape index (κ3) is 8.70. The number of unbranched alkanes of at least 4 members (excludes halogenated alkanes) is 1. The summed E-state index contributed by atoms with van der Waals surface area (Å²) in [5, 5.41) is 4.66. The number of rotatable bonds is 12. The Hall–Kier alpha value is -3.75. The van der Waals surface area contributed by atoms with Crippen LogP contribution in [0.2, 0.25) is 10.0 Å². The van der Waals surface area contributed by atoms with Gasteiger partial charge < -0.3 is 18.9 Å². The van der Waals surface area contributed by atoms with Gasteiger partial charge in [-0.2, -0.15) is 5.10 Å². The standard InChI is InChI=1S/C27H26Cl2N2O6/c1-3-4-13-35-21-9-6-19(7-10-21)27(33)37-24-11-5-18(14-25(24)34-2)16-30-31-26(32)17-36-23-12-8-20(28)15-22(23)29/h5-12,14-16H,3-4,13,17H2,1-2H3,(H,31,32). The van der Waals surface area contributed by atoms with E-state index in [4.69, 9.17) is 42.1 Å². The molecule has 0 spiro atoms. The first-order valence-electron chi connectivity index (χ1n) is 11.4. The van der Waals surface area contributed by atoms with Crippen molar-refractivity contribution in [1.29, 1.82) is 0 Å². The molecule has 8 nitrogen and oxygen atoms in total. The third-order valence-corrected chi connectivity index (χ3v) is 5.43. The summed E-state index contributed by atoms with van der Waals surface area (Å²) in [4.78, 5) is 24.6. The van der Waals surface area contributed by atoms with Crippen LogP contribution in [0.15, 0.2) is 65.8 Å². The van der Waals surface area contributed by atoms with Crippen molar-refractivity contribution in [1.82, 2.24) is 5.43 Å². The summed E-state index contributed by atoms with van der Waals surface area (Å²) in [6, 6.07) is 16.3. The van der Waals surface area contributed by atoms with Crippen LogP contribution in [0.5, 0.6) is 23.0 Å². The van der Waals surface area contributed by atoms with Crippen LogP contribution in [0, 0.1) is 0 Å². The summed E-state index contributed by atoms with van der Waals surface area (Å²) < 4.78 is 21.8. The summed E-state index contributed by atoms with van der Waals surface area (Å²) >= 11 is 11.9. The van der Waals surface area contributed by atoms with Gasteiger partial charge in [-0.05, 0) is 72.6 Å². The highest BCUT2D eigenvalue weighted by Gasteiger charge is 2.13. The monoisotopic (exact) mass is 544 g/mol. The molecule has 0 aliphatic rings. The molecular formula is C27H26Cl2N2O6. The highest BCUT2D eigenvalue weighted by atomic mass is 35.5. The number of halogens is 2. The molecule has 0 atom stereocenters. The molecule has 0 radical (unpaired) electrons. The molecule has 1 N–H and O–H groups in total. The number of hydrazone groups is 1. The normalized spacial score (nSPS) is 10.7. The van der Waals surface area contributed by atoms with Gasteiger partial charge >= 0.3 is 5.97 Å². The van der Waals surface area contributed by atoms with Crippen LogP contribution >= 0.6 is 23.2 Å². The number of carbonyl (C=O) groups is 2. The molecule has 3 aromatic carbocycles. The number of carbonyl (C=O) groups excluding carboxylic acids is 2. The summed E-state index contributed by atoms with van der Waals surface area (Å²) in [6.45, 7) is 2.43. The van der Waals surface area contributed by atoms with Gasteiger partial charge in [-0.1, -0.05) is 36.5 Å². The smallest absolute Gasteiger partial charge is 0.343 e. The zero-order valence-electron chi connectivity index (χ0n) is 20.3. The molecule has 0 bridgehead atoms. The largest absolute Gasteiger partial charge is 0.494 e. The maximum Gasteiger partial charge on any atom is 0.343 e. The van der Waals surface area contributed by atoms with E-state index in [1.165, 1.54) is 19.4 Å². The van der Waals surface area contributed by atoms with Crippen LogP contribution in [0.1, 0.15) is 35.7 Å². The van der Waals surface area contributed by atoms with Gasteiger partial charge in [-0.3, -0.25) is 4.79 Å². The van der Waals surface area contributed by atoms with Crippen molar-refractivity contribution in [3.8, 4) is 23.0 Å². The number of nitrogens with zero attached hydrogens (tertiary/aromatic N) is 1. The lowest BCUT2D eigenvalue weighted by molar-refractivity contribution is -0.123. The minimum Gasteiger partial charge on any atom is -0.494 e. The molecule has 0 aliphatic heterocycles. The first-order chi connectivity index (χ1) is 17.9. The average molecular weight is 545 g/mol. The summed E-state index contributed by atoms with van der Waals surface area (Å²) in [6.07, 6.45) is 3.42. The lowest BCUT2D eigenvalue weighted by Crippen LogP contribution is -2.24. The van der Waals surface area contributed by atoms with Crippen LogP contribution in [0.4, 0.5) is 0 Å². The molecule has 37 heavy (non-hydrogen) atoms. The van der Waals surface area contributed by atoms with Crippen LogP contribution in [-0.2, 0) is 4.79 Å². The number of benzene rings is 3. The highest BCUT2D eigenvalue weighted by molar-refractivity contribution is 6.35. The average Bonchev–Trinajstić information content (AvgIpc) is 2.89. The van der Waals surface area contributed by atoms with Crippen molar-refractivity contribution in [2.75, 3.05) is 20.3 Å². The number of nitrogens with one attached hydrogen (secondary N) is 1. The number of esters is 1. The molecule has 0 aliphatic carbocycles. The van der Waals surface area contributed by atoms with E-state index in [2.05, 4.69) is 17.5 Å². The zero-order chi connectivity index (χ0) is 26.6. The number of methoxy groups -OCH3 is 1. The molecule has 1 amide bonds. The number of hydrogen-bond acceptors (Lipinski definition) is 7. The van der Waals surface area contributed by atoms with E-state index in [1.54, 1.807) is 54.6 Å². The molecule has 0 fully saturated rings. The van der Waals surface area contributed by atoms with E-state index < -0.39 is 11.9 Å². The lowest BCUT2D eigenvalue weighted by Gasteiger charge is -2.10. The summed E-state index contributed by atoms with van der Waals surface area (Å²) in [5.41, 5.74) is 3.34. The van der Waals surface area contributed by atoms with Crippen molar-refractivity contribution < 1.29 is 28.5 Å². The molecule has 3 rings (SSSR count). The van der Waals surface area contributed by atoms with Gasteiger partial charge in [0.25, 0.3) is 5.91 Å². The number of ether oxygens (including phenoxy) is 4. The van der Waals surface area contributed by atoms with Gasteiger partial charge in [0.1, 0.15) is 11.5 Å². The van der Waals surface area contributed by atoms with E-state index >= 15 is 0 Å². The van der Waals surface area contributed by atoms with Crippen molar-refractivity contribution in [2.45, 2.75) is 19.8 Å². The molecule has 0 heterocycles. The Kier molecular flexibility index (Phi) is 10.6. The summed E-state index contributed by atoms with van der Waals surface area (Å²) in [7, 11) is 1.46. The second-order valence-electron chi connectivity index (χ2n) is 7.68. The Labute approximate surface area is 225 Å². The van der Waals surface area contributed by atoms with Crippen molar-refractivity contribution in [2.24, 2.45) is 5.10 Å². The second kappa shape index (κ2) is 14.1. The van der Waals surface area contributed by atoms with E-state index in [0.717, 1.165) is 12.8 Å². The molecule has 0 saturated carbocycles. The molecule has 3 aromatic rings. The Morgan fingerprint density at radius 2 is 1.70 bits per heavy atom. The molecule has 0 unspecified atom stereocenters. The maximum absolute atomic E-state index is 12.6. The highest BCUT2D eigenvalue weighted by Crippen LogP contribution is 2.29. The third-order valence-electron chi connectivity index (χ3n) is 4.90. The Bertz CT molecular complexity index is 1250. The van der Waals surface area contributed by atoms with E-state index in [9.17, 15) is 9.59 Å². The predicted octanol–water partition coefficient (Wildman–Crippen LogP) is 5.93. The van der Waals surface area contributed by atoms with Crippen molar-refractivity contribution in [3.63, 3.8) is 0 Å². The zero-order valence-corrected chi connectivity index (χ0v) is 21.8. The van der Waals surface area contributed by atoms with Crippen LogP contribution in [0.25, 0.3) is 0 Å². The summed E-state index contributed by atoms with van der Waals surface area (Å²) in [5.74, 6) is 0.568. The van der Waals surface area contributed by atoms with E-state index in [1.807, 2.05) is 0 Å². The fourth-order valence-electron chi connectivity index (χ4n) is 2.98. The second-order valence-corrected chi connectivity index (χ2v) is 8.53. The molecule has 0 saturated heterocycles. The van der Waals surface area contributed by atoms with Crippen LogP contribution in [-0.4, -0.2) is 38.4 Å². The SMILES string of the molecule is CCCCOc1ccc(C(=O)Oc2ccc(C=NNC(=O)COc3ccc(Cl)cc3Cl)cc2OC)cc1. The number of hydrogen-bond donors (Lipinski definition) is 1. The quantitative estimate of drug-likeness (QED) is 0.0997. The van der Waals surface area contributed by atoms with Crippen molar-refractivity contribution >= 4 is 41.3 Å². The topological polar surface area (TPSA) is 95.5 Å². The first-order valence-corrected chi connectivity index (χ1v) is 12.2. The Morgan fingerprint density at radius 3 is 2.41 bits per heavy atom. The minimum atomic E-state index is -0.534. The Morgan fingerprint density at radius 1 is 0.946 bits per heavy atom. The van der Waals surface area contributed by atoms with Crippen LogP contribution < -0.4 is 24.4 Å². The fraction of sp³-hybridized carbons (Fsp3) is 0.222. The molecular weight excluding hydrogens is 519 g/mol. The number of amides is 1. The Balaban J connectivity index is 1.53. The van der Waals surface area contributed by atoms with Gasteiger partial charge in [-0.25, -0.2) is 10.2 Å². The molecule has 0 aromatic heterocycles. The fourth-order valence-corrected chi connectivity index (χ4v) is 3.44. The minimum absolute atomic E-state index is 0.241. The maximum atomic E-state index is 12.6. The van der Waals surface area contributed by atoms with Gasteiger partial charge in [0, 0.05) is 5.02 Å². The van der Waals surface area contributed by atoms with Gasteiger partial charge in [0.15, 0.2) is 18.1 Å². The van der Waals surface area contributed by atoms with Crippen LogP contribution in [0.3, 0.4) is 0 Å². The molecule has 10 heteroatoms. The van der Waals surface area contributed by atoms with E-state index in [0.29, 0.717) is 45.0 Å². The van der Waals surface area contributed by atoms with Gasteiger partial charge in [-0.15, -0.1) is 0 Å². The predicted molar refractivity (Wildman–Crippen MR) is 142 cm³/mol. The first kappa shape index (κ1) is 27.8. The molecule has 194 valence electrons. The van der Waals surface area contributed by atoms with Gasteiger partial charge in [0.2, 0.25) is 0 Å². The van der Waals surface area contributed by atoms with E-state index in [-0.39, 0.29) is 12.4 Å². The van der Waals surface area contributed by atoms with Crippen molar-refractivity contribution in [3.05, 3.63) is 81.8 Å².